The summed E-state index contributed by atoms with van der Waals surface area (Å²) in [6.45, 7) is 21.7. The van der Waals surface area contributed by atoms with Crippen molar-refractivity contribution in [3.63, 3.8) is 0 Å². The molecule has 0 spiro atoms. The number of rotatable bonds is 9. The van der Waals surface area contributed by atoms with Gasteiger partial charge in [-0.15, -0.1) is 0 Å². The lowest BCUT2D eigenvalue weighted by Gasteiger charge is -2.27. The summed E-state index contributed by atoms with van der Waals surface area (Å²) in [5.74, 6) is -3.76. The van der Waals surface area contributed by atoms with E-state index in [2.05, 4.69) is 25.8 Å². The van der Waals surface area contributed by atoms with E-state index in [4.69, 9.17) is 33.2 Å². The van der Waals surface area contributed by atoms with Gasteiger partial charge in [0, 0.05) is 35.0 Å². The van der Waals surface area contributed by atoms with Crippen molar-refractivity contribution in [2.75, 3.05) is 13.2 Å². The molecule has 0 amide bonds. The van der Waals surface area contributed by atoms with E-state index in [1.54, 1.807) is 41.5 Å². The second-order valence-electron chi connectivity index (χ2n) is 14.0. The molecular weight excluding hydrogens is 670 g/mol. The summed E-state index contributed by atoms with van der Waals surface area (Å²) < 4.78 is 35.4. The Morgan fingerprint density at radius 2 is 1.57 bits per heavy atom. The zero-order valence-corrected chi connectivity index (χ0v) is 30.0. The molecule has 9 unspecified atom stereocenters. The van der Waals surface area contributed by atoms with Gasteiger partial charge < -0.3 is 33.2 Å². The quantitative estimate of drug-likeness (QED) is 0.191. The fraction of sp³-hybridized carbons (Fsp3) is 0.611. The van der Waals surface area contributed by atoms with Gasteiger partial charge in [-0.2, -0.15) is 5.26 Å². The topological polar surface area (TPSA) is 208 Å². The summed E-state index contributed by atoms with van der Waals surface area (Å²) in [4.78, 5) is 79.9. The maximum Gasteiger partial charge on any atom is 0.344 e. The summed E-state index contributed by atoms with van der Waals surface area (Å²) in [6.07, 6.45) is -0.347. The van der Waals surface area contributed by atoms with Crippen molar-refractivity contribution < 1.29 is 66.7 Å². The normalized spacial score (nSPS) is 32.6. The molecule has 9 atom stereocenters. The van der Waals surface area contributed by atoms with Crippen LogP contribution in [0.25, 0.3) is 0 Å². The summed E-state index contributed by atoms with van der Waals surface area (Å²) in [7, 11) is 0. The van der Waals surface area contributed by atoms with Crippen molar-refractivity contribution in [2.45, 2.75) is 104 Å². The van der Waals surface area contributed by atoms with Gasteiger partial charge >= 0.3 is 41.8 Å². The van der Waals surface area contributed by atoms with Crippen LogP contribution in [0, 0.1) is 34.0 Å². The van der Waals surface area contributed by atoms with Crippen molar-refractivity contribution in [2.24, 2.45) is 22.7 Å². The highest BCUT2D eigenvalue weighted by atomic mass is 16.6. The van der Waals surface area contributed by atoms with Gasteiger partial charge in [-0.1, -0.05) is 19.7 Å². The Morgan fingerprint density at radius 1 is 0.961 bits per heavy atom. The minimum atomic E-state index is -1.06. The fourth-order valence-electron chi connectivity index (χ4n) is 6.32. The van der Waals surface area contributed by atoms with Gasteiger partial charge in [-0.25, -0.2) is 19.2 Å². The number of nitriles is 1. The van der Waals surface area contributed by atoms with Crippen molar-refractivity contribution >= 4 is 41.8 Å². The largest absolute Gasteiger partial charge is 0.465 e. The number of cyclic esters (lactones) is 2. The fourth-order valence-corrected chi connectivity index (χ4v) is 6.32. The molecule has 5 fully saturated rings. The summed E-state index contributed by atoms with van der Waals surface area (Å²) >= 11 is 0. The average molecular weight is 716 g/mol. The third-order valence-corrected chi connectivity index (χ3v) is 9.89. The number of ether oxygens (including phenoxy) is 7. The molecule has 51 heavy (non-hydrogen) atoms. The smallest absolute Gasteiger partial charge is 0.344 e. The van der Waals surface area contributed by atoms with Gasteiger partial charge in [0.15, 0.2) is 17.6 Å². The van der Waals surface area contributed by atoms with Gasteiger partial charge in [-0.05, 0) is 61.3 Å². The van der Waals surface area contributed by atoms with E-state index in [0.717, 1.165) is 0 Å². The molecule has 15 heteroatoms. The SMILES string of the molecule is C=C(C)C(=O)OC(C)C1(C)CCOC1=O.C=C(C)C(=O)OC1(C)CC(=O)OC1C.C=C(C)C(=O)OCC(=O)OC1C2CC3C1OC(=O)C3(C#N)C2. The average Bonchev–Trinajstić information content (AvgIpc) is 3.80. The molecule has 0 radical (unpaired) electrons. The molecule has 2 saturated carbocycles. The Morgan fingerprint density at radius 3 is 2.06 bits per heavy atom. The molecule has 15 nitrogen and oxygen atoms in total. The Bertz CT molecular complexity index is 1570. The molecule has 3 heterocycles. The maximum absolute atomic E-state index is 11.9. The van der Waals surface area contributed by atoms with E-state index in [0.29, 0.717) is 37.0 Å². The Hall–Kier alpha value is -5.00. The van der Waals surface area contributed by atoms with Crippen LogP contribution in [0.15, 0.2) is 36.5 Å². The summed E-state index contributed by atoms with van der Waals surface area (Å²) in [5, 5.41) is 9.28. The third kappa shape index (κ3) is 8.49. The van der Waals surface area contributed by atoms with Crippen LogP contribution in [0.1, 0.15) is 74.1 Å². The predicted molar refractivity (Wildman–Crippen MR) is 173 cm³/mol. The van der Waals surface area contributed by atoms with Gasteiger partial charge in [0.2, 0.25) is 0 Å². The lowest BCUT2D eigenvalue weighted by Crippen LogP contribution is -2.40. The number of carbonyl (C=O) groups is 7. The minimum Gasteiger partial charge on any atom is -0.465 e. The van der Waals surface area contributed by atoms with Crippen molar-refractivity contribution in [1.29, 1.82) is 5.26 Å². The molecule has 278 valence electrons. The molecule has 5 aliphatic rings. The third-order valence-electron chi connectivity index (χ3n) is 9.89. The molecular formula is C36H45NO14. The maximum atomic E-state index is 11.9. The van der Waals surface area contributed by atoms with E-state index in [1.165, 1.54) is 6.92 Å². The Kier molecular flexibility index (Phi) is 12.3. The first-order valence-electron chi connectivity index (χ1n) is 16.4. The second kappa shape index (κ2) is 15.5. The number of fused-ring (bicyclic) bond motifs is 1. The minimum absolute atomic E-state index is 0.0677. The Labute approximate surface area is 296 Å². The number of carbonyl (C=O) groups excluding carboxylic acids is 7. The standard InChI is InChI=1S/C15H15NO6.C11H16O4.C10H14O4/c1-7(2)13(18)20-5-10(17)21-11-8-3-9-12(11)22-14(19)15(9,4-8)6-16;1-7(2)9(12)15-8(3)11(4)5-6-14-10(11)13;1-6(2)9(12)14-10(4)5-8(11)13-7(10)3/h8-9,11-12H,1,3-5H2,2H3;8H,1,5-6H2,2-4H3;7H,1,5H2,2-4H3. The number of hydrogen-bond donors (Lipinski definition) is 0. The van der Waals surface area contributed by atoms with Crippen LogP contribution >= 0.6 is 0 Å². The van der Waals surface area contributed by atoms with E-state index >= 15 is 0 Å². The molecule has 3 saturated heterocycles. The summed E-state index contributed by atoms with van der Waals surface area (Å²) in [5.41, 5.74) is -1.80. The number of esters is 7. The molecule has 0 aromatic carbocycles. The lowest BCUT2D eigenvalue weighted by molar-refractivity contribution is -0.168. The first-order valence-corrected chi connectivity index (χ1v) is 16.4. The monoisotopic (exact) mass is 715 g/mol. The first-order chi connectivity index (χ1) is 23.6. The van der Waals surface area contributed by atoms with Crippen LogP contribution in [-0.4, -0.2) is 85.0 Å². The molecule has 0 N–H and O–H groups in total. The van der Waals surface area contributed by atoms with Crippen molar-refractivity contribution in [1.82, 2.24) is 0 Å². The van der Waals surface area contributed by atoms with Gasteiger partial charge in [0.05, 0.1) is 19.1 Å². The van der Waals surface area contributed by atoms with E-state index in [9.17, 15) is 38.8 Å². The van der Waals surface area contributed by atoms with Gasteiger partial charge in [0.25, 0.3) is 0 Å². The summed E-state index contributed by atoms with van der Waals surface area (Å²) in [6, 6.07) is 2.08. The van der Waals surface area contributed by atoms with Crippen molar-refractivity contribution in [3.8, 4) is 6.07 Å². The molecule has 2 bridgehead atoms. The zero-order chi connectivity index (χ0) is 38.6. The second-order valence-corrected chi connectivity index (χ2v) is 14.0. The molecule has 0 aromatic rings. The molecule has 3 aliphatic heterocycles. The highest BCUT2D eigenvalue weighted by Gasteiger charge is 2.72. The molecule has 2 aliphatic carbocycles. The van der Waals surface area contributed by atoms with E-state index in [1.807, 2.05) is 0 Å². The van der Waals surface area contributed by atoms with Gasteiger partial charge in [-0.3, -0.25) is 14.4 Å². The van der Waals surface area contributed by atoms with Crippen LogP contribution in [-0.2, 0) is 66.7 Å². The number of nitrogens with zero attached hydrogens (tertiary/aromatic N) is 1. The van der Waals surface area contributed by atoms with Crippen LogP contribution in [0.2, 0.25) is 0 Å². The van der Waals surface area contributed by atoms with E-state index in [-0.39, 0.29) is 35.8 Å². The molecule has 5 rings (SSSR count). The predicted octanol–water partition coefficient (Wildman–Crippen LogP) is 3.14. The highest BCUT2D eigenvalue weighted by molar-refractivity contribution is 5.89. The zero-order valence-electron chi connectivity index (χ0n) is 30.0. The van der Waals surface area contributed by atoms with E-state index < -0.39 is 77.3 Å². The molecule has 0 aromatic heterocycles. The van der Waals surface area contributed by atoms with Crippen LogP contribution < -0.4 is 0 Å². The van der Waals surface area contributed by atoms with Crippen molar-refractivity contribution in [3.05, 3.63) is 36.5 Å². The highest BCUT2D eigenvalue weighted by Crippen LogP contribution is 2.62. The first kappa shape index (κ1) is 40.4. The number of hydrogen-bond acceptors (Lipinski definition) is 15. The van der Waals surface area contributed by atoms with Crippen LogP contribution in [0.5, 0.6) is 0 Å². The van der Waals surface area contributed by atoms with Crippen LogP contribution in [0.3, 0.4) is 0 Å². The van der Waals surface area contributed by atoms with Gasteiger partial charge in [0.1, 0.15) is 29.8 Å². The lowest BCUT2D eigenvalue weighted by atomic mass is 9.75. The Balaban J connectivity index is 0.000000215. The van der Waals surface area contributed by atoms with Crippen LogP contribution in [0.4, 0.5) is 0 Å².